The summed E-state index contributed by atoms with van der Waals surface area (Å²) in [5, 5.41) is 1.43. The summed E-state index contributed by atoms with van der Waals surface area (Å²) in [4.78, 5) is 14.9. The Kier molecular flexibility index (Phi) is 6.62. The van der Waals surface area contributed by atoms with Crippen LogP contribution in [0.1, 0.15) is 42.5 Å². The van der Waals surface area contributed by atoms with Crippen LogP contribution in [0.25, 0.3) is 0 Å². The predicted octanol–water partition coefficient (Wildman–Crippen LogP) is 5.11. The van der Waals surface area contributed by atoms with Crippen molar-refractivity contribution in [3.63, 3.8) is 0 Å². The lowest BCUT2D eigenvalue weighted by Crippen LogP contribution is -2.42. The van der Waals surface area contributed by atoms with Gasteiger partial charge >= 0.3 is 0 Å². The van der Waals surface area contributed by atoms with E-state index in [4.69, 9.17) is 11.6 Å². The van der Waals surface area contributed by atoms with E-state index in [0.29, 0.717) is 11.1 Å². The zero-order chi connectivity index (χ0) is 14.5. The molecule has 1 saturated carbocycles. The number of carbonyl (C=O) groups is 1. The highest BCUT2D eigenvalue weighted by Crippen LogP contribution is 2.26. The van der Waals surface area contributed by atoms with E-state index in [0.717, 1.165) is 33.9 Å². The number of benzene rings is 1. The smallest absolute Gasteiger partial charge is 0.255 e. The number of carbonyl (C=O) groups excluding carboxylic acids is 1. The molecule has 1 aliphatic carbocycles. The van der Waals surface area contributed by atoms with Crippen molar-refractivity contribution in [3.05, 3.63) is 32.4 Å². The molecule has 0 atom stereocenters. The highest BCUT2D eigenvalue weighted by Gasteiger charge is 2.26. The largest absolute Gasteiger partial charge is 0.335 e. The van der Waals surface area contributed by atoms with Gasteiger partial charge in [0, 0.05) is 26.5 Å². The lowest BCUT2D eigenvalue weighted by atomic mass is 9.93. The van der Waals surface area contributed by atoms with E-state index in [1.807, 2.05) is 17.0 Å². The first-order chi connectivity index (χ1) is 9.63. The Morgan fingerprint density at radius 2 is 2.05 bits per heavy atom. The Hall–Kier alpha value is 0.190. The van der Waals surface area contributed by atoms with Crippen LogP contribution in [0.4, 0.5) is 0 Å². The fraction of sp³-hybridized carbons (Fsp3) is 0.533. The van der Waals surface area contributed by atoms with Gasteiger partial charge in [0.25, 0.3) is 5.91 Å². The Labute approximate surface area is 147 Å². The summed E-state index contributed by atoms with van der Waals surface area (Å²) >= 11 is 11.7. The zero-order valence-electron chi connectivity index (χ0n) is 11.2. The highest BCUT2D eigenvalue weighted by molar-refractivity contribution is 14.1. The molecule has 110 valence electrons. The van der Waals surface area contributed by atoms with Crippen LogP contribution >= 0.6 is 50.1 Å². The van der Waals surface area contributed by atoms with Gasteiger partial charge in [-0.05, 0) is 53.6 Å². The molecular formula is C15H18BrClINO. The summed E-state index contributed by atoms with van der Waals surface area (Å²) in [5.41, 5.74) is 0.727. The van der Waals surface area contributed by atoms with Gasteiger partial charge in [-0.25, -0.2) is 0 Å². The maximum absolute atomic E-state index is 12.8. The zero-order valence-corrected chi connectivity index (χ0v) is 15.7. The van der Waals surface area contributed by atoms with E-state index in [1.165, 1.54) is 19.3 Å². The Balaban J connectivity index is 2.23. The van der Waals surface area contributed by atoms with Crippen LogP contribution in [0.5, 0.6) is 0 Å². The van der Waals surface area contributed by atoms with Crippen LogP contribution in [-0.4, -0.2) is 28.7 Å². The Morgan fingerprint density at radius 3 is 2.70 bits per heavy atom. The second-order valence-corrected chi connectivity index (χ2v) is 7.50. The molecule has 20 heavy (non-hydrogen) atoms. The number of rotatable bonds is 4. The molecule has 0 heterocycles. The fourth-order valence-electron chi connectivity index (χ4n) is 2.75. The molecule has 0 spiro atoms. The second-order valence-electron chi connectivity index (χ2n) is 5.10. The van der Waals surface area contributed by atoms with Crippen molar-refractivity contribution >= 4 is 56.0 Å². The topological polar surface area (TPSA) is 20.3 Å². The summed E-state index contributed by atoms with van der Waals surface area (Å²) in [5.74, 6) is 0.114. The van der Waals surface area contributed by atoms with Crippen LogP contribution < -0.4 is 0 Å². The molecule has 1 aliphatic rings. The van der Waals surface area contributed by atoms with Gasteiger partial charge in [0.05, 0.1) is 5.56 Å². The summed E-state index contributed by atoms with van der Waals surface area (Å²) in [7, 11) is 0. The van der Waals surface area contributed by atoms with Gasteiger partial charge in [0.1, 0.15) is 0 Å². The first kappa shape index (κ1) is 16.6. The molecule has 1 aromatic carbocycles. The molecule has 1 fully saturated rings. The van der Waals surface area contributed by atoms with E-state index >= 15 is 0 Å². The summed E-state index contributed by atoms with van der Waals surface area (Å²) in [6, 6.07) is 5.90. The maximum atomic E-state index is 12.8. The van der Waals surface area contributed by atoms with Crippen molar-refractivity contribution in [2.45, 2.75) is 38.1 Å². The fourth-order valence-corrected chi connectivity index (χ4v) is 3.87. The molecular weight excluding hydrogens is 452 g/mol. The summed E-state index contributed by atoms with van der Waals surface area (Å²) in [6.45, 7) is 0.756. The van der Waals surface area contributed by atoms with Crippen molar-refractivity contribution < 1.29 is 4.79 Å². The predicted molar refractivity (Wildman–Crippen MR) is 95.9 cm³/mol. The SMILES string of the molecule is O=C(c1cc(Cl)ccc1I)N(CCBr)C1CCCCC1. The summed E-state index contributed by atoms with van der Waals surface area (Å²) in [6.07, 6.45) is 5.99. The molecule has 2 nitrogen and oxygen atoms in total. The van der Waals surface area contributed by atoms with Crippen LogP contribution in [0.3, 0.4) is 0 Å². The lowest BCUT2D eigenvalue weighted by molar-refractivity contribution is 0.0650. The molecule has 0 saturated heterocycles. The van der Waals surface area contributed by atoms with Crippen LogP contribution in [0, 0.1) is 3.57 Å². The van der Waals surface area contributed by atoms with Gasteiger partial charge in [-0.15, -0.1) is 0 Å². The Morgan fingerprint density at radius 1 is 1.35 bits per heavy atom. The maximum Gasteiger partial charge on any atom is 0.255 e. The standard InChI is InChI=1S/C15H18BrClINO/c16-8-9-19(12-4-2-1-3-5-12)15(20)13-10-11(17)6-7-14(13)18/h6-7,10,12H,1-5,8-9H2. The molecule has 5 heteroatoms. The molecule has 0 N–H and O–H groups in total. The third kappa shape index (κ3) is 4.10. The Bertz CT molecular complexity index is 477. The molecule has 1 amide bonds. The van der Waals surface area contributed by atoms with Crippen molar-refractivity contribution in [3.8, 4) is 0 Å². The van der Waals surface area contributed by atoms with E-state index in [-0.39, 0.29) is 5.91 Å². The number of hydrogen-bond donors (Lipinski definition) is 0. The summed E-state index contributed by atoms with van der Waals surface area (Å²) < 4.78 is 0.965. The number of hydrogen-bond acceptors (Lipinski definition) is 1. The van der Waals surface area contributed by atoms with Crippen LogP contribution in [0.2, 0.25) is 5.02 Å². The molecule has 0 bridgehead atoms. The molecule has 1 aromatic rings. The minimum Gasteiger partial charge on any atom is -0.335 e. The average molecular weight is 471 g/mol. The number of alkyl halides is 1. The number of nitrogens with zero attached hydrogens (tertiary/aromatic N) is 1. The minimum atomic E-state index is 0.114. The van der Waals surface area contributed by atoms with E-state index in [2.05, 4.69) is 38.5 Å². The van der Waals surface area contributed by atoms with Crippen LogP contribution in [0.15, 0.2) is 18.2 Å². The van der Waals surface area contributed by atoms with Crippen LogP contribution in [-0.2, 0) is 0 Å². The molecule has 2 rings (SSSR count). The van der Waals surface area contributed by atoms with Crippen molar-refractivity contribution in [1.29, 1.82) is 0 Å². The first-order valence-corrected chi connectivity index (χ1v) is 9.53. The number of halogens is 3. The van der Waals surface area contributed by atoms with Gasteiger partial charge in [-0.1, -0.05) is 46.8 Å². The third-order valence-electron chi connectivity index (χ3n) is 3.76. The monoisotopic (exact) mass is 469 g/mol. The molecule has 0 radical (unpaired) electrons. The molecule has 0 aromatic heterocycles. The highest BCUT2D eigenvalue weighted by atomic mass is 127. The van der Waals surface area contributed by atoms with E-state index in [1.54, 1.807) is 6.07 Å². The lowest BCUT2D eigenvalue weighted by Gasteiger charge is -2.34. The van der Waals surface area contributed by atoms with Gasteiger partial charge in [0.15, 0.2) is 0 Å². The normalized spacial score (nSPS) is 16.1. The van der Waals surface area contributed by atoms with Crippen molar-refractivity contribution in [2.24, 2.45) is 0 Å². The second kappa shape index (κ2) is 7.99. The average Bonchev–Trinajstić information content (AvgIpc) is 2.47. The van der Waals surface area contributed by atoms with Gasteiger partial charge in [-0.2, -0.15) is 0 Å². The quantitative estimate of drug-likeness (QED) is 0.442. The van der Waals surface area contributed by atoms with Gasteiger partial charge < -0.3 is 4.90 Å². The van der Waals surface area contributed by atoms with E-state index < -0.39 is 0 Å². The van der Waals surface area contributed by atoms with Gasteiger partial charge in [-0.3, -0.25) is 4.79 Å². The van der Waals surface area contributed by atoms with E-state index in [9.17, 15) is 4.79 Å². The first-order valence-electron chi connectivity index (χ1n) is 6.95. The molecule has 0 unspecified atom stereocenters. The number of amides is 1. The minimum absolute atomic E-state index is 0.114. The van der Waals surface area contributed by atoms with Gasteiger partial charge in [0.2, 0.25) is 0 Å². The third-order valence-corrected chi connectivity index (χ3v) is 5.29. The van der Waals surface area contributed by atoms with Crippen molar-refractivity contribution in [1.82, 2.24) is 4.90 Å². The van der Waals surface area contributed by atoms with Crippen molar-refractivity contribution in [2.75, 3.05) is 11.9 Å². The molecule has 0 aliphatic heterocycles.